The molecule has 3 aromatic carbocycles. The van der Waals surface area contributed by atoms with E-state index in [0.29, 0.717) is 23.3 Å². The molecule has 0 amide bonds. The fourth-order valence-corrected chi connectivity index (χ4v) is 2.63. The molecule has 132 valence electrons. The maximum Gasteiger partial charge on any atom is 0.344 e. The van der Waals surface area contributed by atoms with Gasteiger partial charge in [-0.25, -0.2) is 4.79 Å². The van der Waals surface area contributed by atoms with Crippen LogP contribution in [0.5, 0.6) is 11.5 Å². The van der Waals surface area contributed by atoms with E-state index in [2.05, 4.69) is 0 Å². The van der Waals surface area contributed by atoms with E-state index in [9.17, 15) is 9.59 Å². The second kappa shape index (κ2) is 8.16. The van der Waals surface area contributed by atoms with E-state index in [0.717, 1.165) is 16.3 Å². The Morgan fingerprint density at radius 2 is 1.81 bits per heavy atom. The monoisotopic (exact) mass is 350 g/mol. The zero-order valence-electron chi connectivity index (χ0n) is 14.3. The van der Waals surface area contributed by atoms with Crippen molar-refractivity contribution in [3.8, 4) is 11.5 Å². The Hall–Kier alpha value is -3.34. The minimum absolute atomic E-state index is 0.171. The Kier molecular flexibility index (Phi) is 5.49. The van der Waals surface area contributed by atoms with Gasteiger partial charge in [-0.1, -0.05) is 42.5 Å². The van der Waals surface area contributed by atoms with Crippen molar-refractivity contribution in [3.05, 3.63) is 71.8 Å². The number of hydrogen-bond acceptors (Lipinski definition) is 5. The summed E-state index contributed by atoms with van der Waals surface area (Å²) in [5.74, 6) is 0.274. The lowest BCUT2D eigenvalue weighted by Crippen LogP contribution is -2.15. The fourth-order valence-electron chi connectivity index (χ4n) is 2.63. The maximum absolute atomic E-state index is 12.0. The zero-order valence-corrected chi connectivity index (χ0v) is 14.3. The number of ether oxygens (including phenoxy) is 3. The summed E-state index contributed by atoms with van der Waals surface area (Å²) in [4.78, 5) is 22.8. The standard InChI is InChI=1S/C21H18O5/c1-24-20-11-15(12-22)9-10-19(20)25-14-21(23)26-13-17-7-4-6-16-5-2-3-8-18(16)17/h2-12H,13-14H2,1H3. The van der Waals surface area contributed by atoms with Crippen LogP contribution >= 0.6 is 0 Å². The van der Waals surface area contributed by atoms with Crippen LogP contribution in [-0.2, 0) is 16.1 Å². The van der Waals surface area contributed by atoms with Gasteiger partial charge in [-0.15, -0.1) is 0 Å². The molecule has 0 unspecified atom stereocenters. The number of rotatable bonds is 7. The van der Waals surface area contributed by atoms with Crippen molar-refractivity contribution in [2.24, 2.45) is 0 Å². The Morgan fingerprint density at radius 1 is 1.00 bits per heavy atom. The second-order valence-corrected chi connectivity index (χ2v) is 5.62. The number of benzene rings is 3. The lowest BCUT2D eigenvalue weighted by molar-refractivity contribution is -0.147. The molecule has 0 aromatic heterocycles. The van der Waals surface area contributed by atoms with Crippen molar-refractivity contribution < 1.29 is 23.8 Å². The third-order valence-electron chi connectivity index (χ3n) is 3.94. The highest BCUT2D eigenvalue weighted by molar-refractivity contribution is 5.85. The SMILES string of the molecule is COc1cc(C=O)ccc1OCC(=O)OCc1cccc2ccccc12. The average molecular weight is 350 g/mol. The largest absolute Gasteiger partial charge is 0.493 e. The number of methoxy groups -OCH3 is 1. The van der Waals surface area contributed by atoms with Crippen LogP contribution in [0.15, 0.2) is 60.7 Å². The molecule has 3 rings (SSSR count). The van der Waals surface area contributed by atoms with Gasteiger partial charge in [0.25, 0.3) is 0 Å². The average Bonchev–Trinajstić information content (AvgIpc) is 2.70. The van der Waals surface area contributed by atoms with Crippen molar-refractivity contribution in [2.75, 3.05) is 13.7 Å². The first-order valence-corrected chi connectivity index (χ1v) is 8.09. The van der Waals surface area contributed by atoms with E-state index in [-0.39, 0.29) is 13.2 Å². The topological polar surface area (TPSA) is 61.8 Å². The predicted molar refractivity (Wildman–Crippen MR) is 97.6 cm³/mol. The Morgan fingerprint density at radius 3 is 2.62 bits per heavy atom. The Labute approximate surface area is 151 Å². The van der Waals surface area contributed by atoms with Crippen LogP contribution < -0.4 is 9.47 Å². The van der Waals surface area contributed by atoms with Gasteiger partial charge in [0, 0.05) is 5.56 Å². The molecule has 5 heteroatoms. The van der Waals surface area contributed by atoms with Gasteiger partial charge in [0.1, 0.15) is 12.9 Å². The summed E-state index contributed by atoms with van der Waals surface area (Å²) < 4.78 is 15.9. The molecule has 0 N–H and O–H groups in total. The van der Waals surface area contributed by atoms with Crippen LogP contribution in [0.2, 0.25) is 0 Å². The van der Waals surface area contributed by atoms with Gasteiger partial charge in [0.15, 0.2) is 18.1 Å². The van der Waals surface area contributed by atoms with Gasteiger partial charge in [0.05, 0.1) is 7.11 Å². The van der Waals surface area contributed by atoms with Crippen molar-refractivity contribution in [1.82, 2.24) is 0 Å². The van der Waals surface area contributed by atoms with E-state index in [4.69, 9.17) is 14.2 Å². The van der Waals surface area contributed by atoms with Crippen LogP contribution in [0.1, 0.15) is 15.9 Å². The number of carbonyl (C=O) groups is 2. The summed E-state index contributed by atoms with van der Waals surface area (Å²) in [6.45, 7) is -0.0771. The van der Waals surface area contributed by atoms with E-state index >= 15 is 0 Å². The minimum Gasteiger partial charge on any atom is -0.493 e. The molecule has 5 nitrogen and oxygen atoms in total. The molecule has 0 aliphatic rings. The van der Waals surface area contributed by atoms with E-state index in [1.54, 1.807) is 18.2 Å². The van der Waals surface area contributed by atoms with Crippen LogP contribution in [0.4, 0.5) is 0 Å². The highest BCUT2D eigenvalue weighted by atomic mass is 16.6. The summed E-state index contributed by atoms with van der Waals surface area (Å²) in [6, 6.07) is 18.5. The first-order valence-electron chi connectivity index (χ1n) is 8.09. The predicted octanol–water partition coefficient (Wildman–Crippen LogP) is 3.78. The lowest BCUT2D eigenvalue weighted by Gasteiger charge is -2.11. The van der Waals surface area contributed by atoms with Gasteiger partial charge in [0.2, 0.25) is 0 Å². The van der Waals surface area contributed by atoms with Crippen LogP contribution in [0.3, 0.4) is 0 Å². The molecule has 0 aliphatic carbocycles. The summed E-state index contributed by atoms with van der Waals surface area (Å²) in [5, 5.41) is 2.15. The molecular weight excluding hydrogens is 332 g/mol. The quantitative estimate of drug-likeness (QED) is 0.479. The number of aldehydes is 1. The molecule has 0 fully saturated rings. The molecule has 0 radical (unpaired) electrons. The molecule has 26 heavy (non-hydrogen) atoms. The van der Waals surface area contributed by atoms with E-state index in [1.807, 2.05) is 42.5 Å². The second-order valence-electron chi connectivity index (χ2n) is 5.62. The molecule has 0 heterocycles. The first kappa shape index (κ1) is 17.5. The molecule has 0 atom stereocenters. The third kappa shape index (κ3) is 4.00. The minimum atomic E-state index is -0.487. The van der Waals surface area contributed by atoms with Gasteiger partial charge in [-0.05, 0) is 34.5 Å². The molecule has 0 saturated heterocycles. The Balaban J connectivity index is 1.60. The van der Waals surface area contributed by atoms with E-state index in [1.165, 1.54) is 7.11 Å². The third-order valence-corrected chi connectivity index (χ3v) is 3.94. The van der Waals surface area contributed by atoms with Gasteiger partial charge < -0.3 is 14.2 Å². The highest BCUT2D eigenvalue weighted by Gasteiger charge is 2.10. The summed E-state index contributed by atoms with van der Waals surface area (Å²) in [7, 11) is 1.47. The number of fused-ring (bicyclic) bond motifs is 1. The van der Waals surface area contributed by atoms with Crippen molar-refractivity contribution in [2.45, 2.75) is 6.61 Å². The zero-order chi connectivity index (χ0) is 18.4. The first-order chi connectivity index (χ1) is 12.7. The van der Waals surface area contributed by atoms with Crippen molar-refractivity contribution in [1.29, 1.82) is 0 Å². The van der Waals surface area contributed by atoms with Gasteiger partial charge >= 0.3 is 5.97 Å². The molecular formula is C21H18O5. The molecule has 0 saturated carbocycles. The number of hydrogen-bond donors (Lipinski definition) is 0. The van der Waals surface area contributed by atoms with Crippen LogP contribution in [0.25, 0.3) is 10.8 Å². The van der Waals surface area contributed by atoms with Crippen molar-refractivity contribution >= 4 is 23.0 Å². The summed E-state index contributed by atoms with van der Waals surface area (Å²) in [6.07, 6.45) is 0.713. The number of carbonyl (C=O) groups excluding carboxylic acids is 2. The van der Waals surface area contributed by atoms with E-state index < -0.39 is 5.97 Å². The molecule has 0 spiro atoms. The van der Waals surface area contributed by atoms with Crippen LogP contribution in [0, 0.1) is 0 Å². The number of esters is 1. The van der Waals surface area contributed by atoms with Crippen LogP contribution in [-0.4, -0.2) is 26.0 Å². The lowest BCUT2D eigenvalue weighted by atomic mass is 10.1. The van der Waals surface area contributed by atoms with Crippen molar-refractivity contribution in [3.63, 3.8) is 0 Å². The molecule has 0 aliphatic heterocycles. The highest BCUT2D eigenvalue weighted by Crippen LogP contribution is 2.27. The molecule has 3 aromatic rings. The molecule has 0 bridgehead atoms. The van der Waals surface area contributed by atoms with Gasteiger partial charge in [-0.2, -0.15) is 0 Å². The summed E-state index contributed by atoms with van der Waals surface area (Å²) in [5.41, 5.74) is 1.40. The van der Waals surface area contributed by atoms with Gasteiger partial charge in [-0.3, -0.25) is 4.79 Å². The fraction of sp³-hybridized carbons (Fsp3) is 0.143. The smallest absolute Gasteiger partial charge is 0.344 e. The maximum atomic E-state index is 12.0. The Bertz CT molecular complexity index is 927. The normalized spacial score (nSPS) is 10.3. The summed E-state index contributed by atoms with van der Waals surface area (Å²) >= 11 is 0.